The van der Waals surface area contributed by atoms with Crippen LogP contribution < -0.4 is 35.8 Å². The normalized spacial score (nSPS) is 12.0. The molecule has 1 aliphatic rings. The molecule has 0 spiro atoms. The molecule has 8 aromatic rings. The number of carbonyl (C=O) groups excluding carboxylic acids is 2. The van der Waals surface area contributed by atoms with Gasteiger partial charge in [0.05, 0.1) is 11.1 Å². The summed E-state index contributed by atoms with van der Waals surface area (Å²) in [5.41, 5.74) is 11.8. The van der Waals surface area contributed by atoms with E-state index in [2.05, 4.69) is 98.8 Å². The van der Waals surface area contributed by atoms with Gasteiger partial charge in [-0.3, -0.25) is 9.59 Å². The number of hydrogen-bond acceptors (Lipinski definition) is 14. The zero-order valence-corrected chi connectivity index (χ0v) is 57.9. The number of benzene rings is 5. The number of ether oxygens (including phenoxy) is 4. The number of aryl methyl sites for hydroxylation is 1. The van der Waals surface area contributed by atoms with Gasteiger partial charge >= 0.3 is 16.9 Å². The second kappa shape index (κ2) is 37.6. The molecule has 96 heavy (non-hydrogen) atoms. The highest BCUT2D eigenvalue weighted by Crippen LogP contribution is 2.39. The second-order valence-corrected chi connectivity index (χ2v) is 24.8. The molecule has 0 aliphatic heterocycles. The van der Waals surface area contributed by atoms with E-state index in [4.69, 9.17) is 32.2 Å². The van der Waals surface area contributed by atoms with Crippen LogP contribution in [0.2, 0.25) is 0 Å². The van der Waals surface area contributed by atoms with Crippen molar-refractivity contribution < 1.29 is 52.0 Å². The van der Waals surface area contributed by atoms with Crippen molar-refractivity contribution in [2.75, 3.05) is 26.4 Å². The maximum atomic E-state index is 13.0. The molecule has 0 saturated heterocycles. The van der Waals surface area contributed by atoms with Crippen LogP contribution in [0.25, 0.3) is 32.9 Å². The Labute approximate surface area is 563 Å². The molecule has 14 heteroatoms. The first-order valence-corrected chi connectivity index (χ1v) is 32.4. The molecule has 0 unspecified atom stereocenters. The minimum Gasteiger partial charge on any atom is -0.507 e. The molecular formula is C82H92O14. The summed E-state index contributed by atoms with van der Waals surface area (Å²) >= 11 is 0. The van der Waals surface area contributed by atoms with Crippen LogP contribution in [0.3, 0.4) is 0 Å². The third kappa shape index (κ3) is 24.9. The Morgan fingerprint density at radius 3 is 1.03 bits per heavy atom. The Morgan fingerprint density at radius 2 is 0.656 bits per heavy atom. The average Bonchev–Trinajstić information content (AvgIpc) is 0.743. The van der Waals surface area contributed by atoms with E-state index < -0.39 is 11.6 Å². The van der Waals surface area contributed by atoms with Gasteiger partial charge in [-0.15, -0.1) is 0 Å². The summed E-state index contributed by atoms with van der Waals surface area (Å²) in [7, 11) is 0. The number of fused-ring (bicyclic) bond motifs is 5. The number of carbonyl (C=O) groups is 2. The fourth-order valence-electron chi connectivity index (χ4n) is 9.81. The van der Waals surface area contributed by atoms with Crippen molar-refractivity contribution in [3.05, 3.63) is 268 Å². The van der Waals surface area contributed by atoms with Gasteiger partial charge < -0.3 is 42.4 Å². The SMILES string of the molecule is CC(C)=CCC/C(C)=C/CC/C(C)=C/COc1ccc2ccc(=O)oc2c1.CC(C)=CCC/C(C)=C/COc1cc(O)c2c(c1)C(=O)c1cc(C)cc(O)c1C2=O.CC(C)=CCC/C(C)=C/COc1ccc2ccc(=O)oc2c1.CC(C)=CCOc1ccc2ccc(=O)oc2c1. The van der Waals surface area contributed by atoms with Crippen molar-refractivity contribution in [3.8, 4) is 34.5 Å². The Hall–Kier alpha value is -10.2. The van der Waals surface area contributed by atoms with Crippen LogP contribution in [-0.4, -0.2) is 48.2 Å². The van der Waals surface area contributed by atoms with Gasteiger partial charge in [0.25, 0.3) is 0 Å². The van der Waals surface area contributed by atoms with E-state index in [1.54, 1.807) is 49.4 Å². The molecule has 3 aromatic heterocycles. The lowest BCUT2D eigenvalue weighted by atomic mass is 9.82. The lowest BCUT2D eigenvalue weighted by Crippen LogP contribution is -2.21. The zero-order valence-electron chi connectivity index (χ0n) is 57.9. The van der Waals surface area contributed by atoms with Crippen LogP contribution >= 0.6 is 0 Å². The van der Waals surface area contributed by atoms with Crippen molar-refractivity contribution in [3.63, 3.8) is 0 Å². The lowest BCUT2D eigenvalue weighted by Gasteiger charge is -2.20. The Balaban J connectivity index is 0.000000206. The molecular weight excluding hydrogens is 1210 g/mol. The fourth-order valence-corrected chi connectivity index (χ4v) is 9.81. The molecule has 0 amide bonds. The van der Waals surface area contributed by atoms with Crippen LogP contribution in [0.5, 0.6) is 34.5 Å². The van der Waals surface area contributed by atoms with E-state index in [-0.39, 0.29) is 57.2 Å². The van der Waals surface area contributed by atoms with Crippen molar-refractivity contribution in [2.45, 2.75) is 141 Å². The summed E-state index contributed by atoms with van der Waals surface area (Å²) in [6, 6.07) is 31.8. The molecule has 9 rings (SSSR count). The van der Waals surface area contributed by atoms with Crippen LogP contribution in [-0.2, 0) is 0 Å². The average molecular weight is 1300 g/mol. The summed E-state index contributed by atoms with van der Waals surface area (Å²) in [6.07, 6.45) is 25.5. The smallest absolute Gasteiger partial charge is 0.336 e. The highest BCUT2D eigenvalue weighted by atomic mass is 16.5. The third-order valence-electron chi connectivity index (χ3n) is 15.2. The highest BCUT2D eigenvalue weighted by molar-refractivity contribution is 6.30. The van der Waals surface area contributed by atoms with Crippen molar-refractivity contribution in [1.82, 2.24) is 0 Å². The summed E-state index contributed by atoms with van der Waals surface area (Å²) in [6.45, 7) is 28.7. The number of ketones is 2. The first kappa shape index (κ1) is 74.8. The van der Waals surface area contributed by atoms with E-state index in [0.717, 1.165) is 67.5 Å². The Bertz CT molecular complexity index is 4460. The fraction of sp³-hybridized carbons (Fsp3) is 0.305. The van der Waals surface area contributed by atoms with Gasteiger partial charge in [-0.2, -0.15) is 0 Å². The number of phenols is 2. The summed E-state index contributed by atoms with van der Waals surface area (Å²) < 4.78 is 38.1. The van der Waals surface area contributed by atoms with Crippen LogP contribution in [0.15, 0.2) is 236 Å². The maximum Gasteiger partial charge on any atom is 0.336 e. The highest BCUT2D eigenvalue weighted by Gasteiger charge is 2.35. The standard InChI is InChI=1S/C25H26O5.C24H30O3.C19H22O3.C14H14O3/c1-14(2)6-5-7-15(3)8-9-30-17-12-19-23(21(27)13-17)25(29)22-18(24(19)28)10-16(4)11-20(22)26;1-18(2)7-5-8-19(3)9-6-10-20(4)15-16-26-22-13-11-21-12-14-24(25)27-23(21)17-22;1-14(2)5-4-6-15(3)11-12-21-17-9-7-16-8-10-19(20)22-18(16)13-17;1-10(2)7-8-16-12-5-3-11-4-6-14(15)17-13(11)9-12/h6,8,10-13,26-27H,5,7,9H2,1-4H3;7,9,11-15,17H,5-6,8,10,16H2,1-4H3;5,7-11,13H,4,6,12H2,1-3H3;3-7,9H,8H2,1-2H3/b15-8+;19-9+,20-15+;15-11+;. The molecule has 504 valence electrons. The number of rotatable bonds is 24. The van der Waals surface area contributed by atoms with Crippen LogP contribution in [0, 0.1) is 6.92 Å². The monoisotopic (exact) mass is 1300 g/mol. The molecule has 2 N–H and O–H groups in total. The van der Waals surface area contributed by atoms with Gasteiger partial charge in [0.15, 0.2) is 5.78 Å². The first-order chi connectivity index (χ1) is 45.8. The molecule has 3 heterocycles. The molecule has 0 bridgehead atoms. The molecule has 5 aromatic carbocycles. The largest absolute Gasteiger partial charge is 0.507 e. The van der Waals surface area contributed by atoms with Crippen LogP contribution in [0.4, 0.5) is 0 Å². The number of phenolic OH excluding ortho intramolecular Hbond substituents is 2. The van der Waals surface area contributed by atoms with E-state index >= 15 is 0 Å². The number of allylic oxidation sites excluding steroid dienone is 12. The predicted molar refractivity (Wildman–Crippen MR) is 387 cm³/mol. The van der Waals surface area contributed by atoms with Gasteiger partial charge in [0.2, 0.25) is 5.78 Å². The molecule has 0 saturated carbocycles. The third-order valence-corrected chi connectivity index (χ3v) is 15.2. The van der Waals surface area contributed by atoms with Crippen molar-refractivity contribution in [1.29, 1.82) is 0 Å². The van der Waals surface area contributed by atoms with E-state index in [1.807, 2.05) is 69.3 Å². The maximum absolute atomic E-state index is 13.0. The number of aromatic hydroxyl groups is 2. The van der Waals surface area contributed by atoms with Gasteiger partial charge in [-0.1, -0.05) is 68.9 Å². The first-order valence-electron chi connectivity index (χ1n) is 32.4. The van der Waals surface area contributed by atoms with Gasteiger partial charge in [0, 0.05) is 69.8 Å². The molecule has 0 atom stereocenters. The second-order valence-electron chi connectivity index (χ2n) is 24.8. The lowest BCUT2D eigenvalue weighted by molar-refractivity contribution is 0.0974. The Kier molecular flexibility index (Phi) is 29.3. The minimum atomic E-state index is -0.573. The minimum absolute atomic E-state index is 0.0722. The summed E-state index contributed by atoms with van der Waals surface area (Å²) in [5, 5.41) is 23.3. The molecule has 14 nitrogen and oxygen atoms in total. The Morgan fingerprint density at radius 1 is 0.344 bits per heavy atom. The van der Waals surface area contributed by atoms with Gasteiger partial charge in [0.1, 0.15) is 77.7 Å². The van der Waals surface area contributed by atoms with Crippen molar-refractivity contribution >= 4 is 44.5 Å². The van der Waals surface area contributed by atoms with Gasteiger partial charge in [-0.05, 0) is 244 Å². The van der Waals surface area contributed by atoms with E-state index in [1.165, 1.54) is 81.0 Å². The predicted octanol–water partition coefficient (Wildman–Crippen LogP) is 19.8. The summed E-state index contributed by atoms with van der Waals surface area (Å²) in [4.78, 5) is 59.4. The molecule has 0 fully saturated rings. The van der Waals surface area contributed by atoms with E-state index in [0.29, 0.717) is 65.1 Å². The topological polar surface area (TPSA) is 202 Å². The quantitative estimate of drug-likeness (QED) is 0.0427. The number of hydrogen-bond donors (Lipinski definition) is 2. The van der Waals surface area contributed by atoms with E-state index in [9.17, 15) is 34.2 Å². The van der Waals surface area contributed by atoms with Crippen LogP contribution in [0.1, 0.15) is 172 Å². The molecule has 1 aliphatic carbocycles. The zero-order chi connectivity index (χ0) is 69.8. The van der Waals surface area contributed by atoms with Crippen molar-refractivity contribution in [2.24, 2.45) is 0 Å². The van der Waals surface area contributed by atoms with Gasteiger partial charge in [-0.25, -0.2) is 14.4 Å². The molecule has 0 radical (unpaired) electrons. The summed E-state index contributed by atoms with van der Waals surface area (Å²) in [5.74, 6) is 0.818.